The number of benzene rings is 2. The largest absolute Gasteiger partial charge is 0.349 e. The fourth-order valence-electron chi connectivity index (χ4n) is 3.43. The van der Waals surface area contributed by atoms with Gasteiger partial charge in [-0.25, -0.2) is 9.67 Å². The Morgan fingerprint density at radius 2 is 1.78 bits per heavy atom. The molecule has 4 aromatic rings. The minimum absolute atomic E-state index is 0.136. The number of nitrogens with zero attached hydrogens (tertiary/aromatic N) is 4. The molecule has 160 valence electrons. The highest BCUT2D eigenvalue weighted by Crippen LogP contribution is 2.31. The highest BCUT2D eigenvalue weighted by atomic mass is 32.2. The molecule has 0 aliphatic rings. The predicted octanol–water partition coefficient (Wildman–Crippen LogP) is 5.28. The number of thioether (sulfide) groups is 1. The number of rotatable bonds is 6. The van der Waals surface area contributed by atoms with Crippen LogP contribution in [0.25, 0.3) is 22.5 Å². The average molecular weight is 460 g/mol. The summed E-state index contributed by atoms with van der Waals surface area (Å²) in [5, 5.41) is 16.3. The molecule has 0 aliphatic heterocycles. The van der Waals surface area contributed by atoms with Crippen LogP contribution in [-0.4, -0.2) is 20.6 Å². The lowest BCUT2D eigenvalue weighted by Gasteiger charge is -2.09. The molecule has 0 atom stereocenters. The van der Waals surface area contributed by atoms with Crippen LogP contribution in [0, 0.1) is 18.3 Å². The number of anilines is 1. The molecule has 0 saturated heterocycles. The number of hydrogen-bond donors (Lipinski definition) is 1. The van der Waals surface area contributed by atoms with Gasteiger partial charge in [0, 0.05) is 23.8 Å². The van der Waals surface area contributed by atoms with Crippen molar-refractivity contribution in [2.75, 3.05) is 11.6 Å². The smallest absolute Gasteiger partial charge is 0.281 e. The molecular formula is C24H21N5OS2. The zero-order valence-corrected chi connectivity index (χ0v) is 19.5. The van der Waals surface area contributed by atoms with Gasteiger partial charge in [-0.1, -0.05) is 36.4 Å². The minimum atomic E-state index is -0.136. The van der Waals surface area contributed by atoms with E-state index >= 15 is 0 Å². The Morgan fingerprint density at radius 1 is 1.12 bits per heavy atom. The second kappa shape index (κ2) is 9.30. The standard InChI is InChI=1S/C24H21N5OS2/c1-16-21(24(30)29(28(16)2)18-12-8-5-9-13-18)20-15-32-23(27-20)19(14-25)22(31-3)26-17-10-6-4-7-11-17/h4-13,15,26H,1-3H3/b22-19+. The maximum absolute atomic E-state index is 13.3. The predicted molar refractivity (Wildman–Crippen MR) is 133 cm³/mol. The Balaban J connectivity index is 1.77. The molecule has 0 bridgehead atoms. The Hall–Kier alpha value is -3.54. The number of allylic oxidation sites excluding steroid dienone is 1. The van der Waals surface area contributed by atoms with E-state index in [-0.39, 0.29) is 5.56 Å². The molecule has 2 aromatic heterocycles. The molecule has 0 spiro atoms. The zero-order valence-electron chi connectivity index (χ0n) is 17.9. The number of nitriles is 1. The Morgan fingerprint density at radius 3 is 2.41 bits per heavy atom. The van der Waals surface area contributed by atoms with Gasteiger partial charge in [-0.3, -0.25) is 9.48 Å². The molecule has 0 fully saturated rings. The molecule has 0 unspecified atom stereocenters. The van der Waals surface area contributed by atoms with Gasteiger partial charge in [0.25, 0.3) is 5.56 Å². The Labute approximate surface area is 194 Å². The maximum Gasteiger partial charge on any atom is 0.281 e. The van der Waals surface area contributed by atoms with Crippen LogP contribution >= 0.6 is 23.1 Å². The van der Waals surface area contributed by atoms with Crippen LogP contribution in [0.3, 0.4) is 0 Å². The summed E-state index contributed by atoms with van der Waals surface area (Å²) in [6.45, 7) is 1.90. The molecule has 6 nitrogen and oxygen atoms in total. The molecule has 2 heterocycles. The number of para-hydroxylation sites is 2. The van der Waals surface area contributed by atoms with Crippen LogP contribution in [-0.2, 0) is 7.05 Å². The van der Waals surface area contributed by atoms with Crippen LogP contribution in [0.1, 0.15) is 10.7 Å². The number of nitrogens with one attached hydrogen (secondary N) is 1. The summed E-state index contributed by atoms with van der Waals surface area (Å²) in [6, 6.07) is 21.5. The van der Waals surface area contributed by atoms with Gasteiger partial charge in [0.05, 0.1) is 22.0 Å². The second-order valence-electron chi connectivity index (χ2n) is 6.99. The van der Waals surface area contributed by atoms with Gasteiger partial charge in [-0.15, -0.1) is 23.1 Å². The van der Waals surface area contributed by atoms with E-state index in [1.165, 1.54) is 23.1 Å². The van der Waals surface area contributed by atoms with Gasteiger partial charge in [-0.2, -0.15) is 5.26 Å². The van der Waals surface area contributed by atoms with Gasteiger partial charge < -0.3 is 5.32 Å². The molecule has 32 heavy (non-hydrogen) atoms. The van der Waals surface area contributed by atoms with Crippen LogP contribution in [0.2, 0.25) is 0 Å². The Bertz CT molecular complexity index is 1380. The molecule has 4 rings (SSSR count). The van der Waals surface area contributed by atoms with E-state index in [2.05, 4.69) is 11.4 Å². The third-order valence-corrected chi connectivity index (χ3v) is 6.68. The van der Waals surface area contributed by atoms with Crippen molar-refractivity contribution in [2.45, 2.75) is 6.92 Å². The lowest BCUT2D eigenvalue weighted by Crippen LogP contribution is -2.20. The van der Waals surface area contributed by atoms with E-state index < -0.39 is 0 Å². The summed E-state index contributed by atoms with van der Waals surface area (Å²) in [6.07, 6.45) is 1.91. The van der Waals surface area contributed by atoms with Gasteiger partial charge in [0.1, 0.15) is 16.6 Å². The minimum Gasteiger partial charge on any atom is -0.349 e. The second-order valence-corrected chi connectivity index (χ2v) is 8.66. The van der Waals surface area contributed by atoms with Gasteiger partial charge in [0.2, 0.25) is 0 Å². The lowest BCUT2D eigenvalue weighted by atomic mass is 10.2. The van der Waals surface area contributed by atoms with Crippen LogP contribution in [0.15, 0.2) is 75.9 Å². The summed E-state index contributed by atoms with van der Waals surface area (Å²) >= 11 is 2.81. The molecule has 0 radical (unpaired) electrons. The van der Waals surface area contributed by atoms with Crippen LogP contribution in [0.5, 0.6) is 0 Å². The summed E-state index contributed by atoms with van der Waals surface area (Å²) in [7, 11) is 1.86. The Kier molecular flexibility index (Phi) is 6.30. The van der Waals surface area contributed by atoms with Gasteiger partial charge in [-0.05, 0) is 37.4 Å². The molecule has 2 aromatic carbocycles. The van der Waals surface area contributed by atoms with Crippen molar-refractivity contribution in [3.63, 3.8) is 0 Å². The first-order valence-corrected chi connectivity index (χ1v) is 12.0. The normalized spacial score (nSPS) is 11.7. The molecule has 1 N–H and O–H groups in total. The van der Waals surface area contributed by atoms with Crippen molar-refractivity contribution in [3.05, 3.63) is 92.1 Å². The van der Waals surface area contributed by atoms with Crippen molar-refractivity contribution >= 4 is 34.4 Å². The van der Waals surface area contributed by atoms with E-state index in [0.717, 1.165) is 17.1 Å². The summed E-state index contributed by atoms with van der Waals surface area (Å²) in [4.78, 5) is 18.0. The monoisotopic (exact) mass is 459 g/mol. The third-order valence-electron chi connectivity index (χ3n) is 5.10. The summed E-state index contributed by atoms with van der Waals surface area (Å²) in [5.74, 6) is 0. The first-order chi connectivity index (χ1) is 15.5. The quantitative estimate of drug-likeness (QED) is 0.397. The van der Waals surface area contributed by atoms with Crippen LogP contribution in [0.4, 0.5) is 5.69 Å². The van der Waals surface area contributed by atoms with Crippen molar-refractivity contribution < 1.29 is 0 Å². The first-order valence-electron chi connectivity index (χ1n) is 9.86. The molecule has 0 saturated carbocycles. The SMILES string of the molecule is CS/C(Nc1ccccc1)=C(\C#N)c1nc(-c2c(C)n(C)n(-c3ccccc3)c2=O)cs1. The number of hydrogen-bond acceptors (Lipinski definition) is 6. The van der Waals surface area contributed by atoms with Crippen molar-refractivity contribution in [2.24, 2.45) is 7.05 Å². The van der Waals surface area contributed by atoms with Crippen molar-refractivity contribution in [1.82, 2.24) is 14.3 Å². The molecule has 8 heteroatoms. The fourth-order valence-corrected chi connectivity index (χ4v) is 4.87. The molecule has 0 aliphatic carbocycles. The van der Waals surface area contributed by atoms with E-state index in [9.17, 15) is 10.1 Å². The average Bonchev–Trinajstić information content (AvgIpc) is 3.37. The van der Waals surface area contributed by atoms with E-state index in [1.807, 2.05) is 91.0 Å². The van der Waals surface area contributed by atoms with Crippen molar-refractivity contribution in [1.29, 1.82) is 5.26 Å². The molecule has 0 amide bonds. The van der Waals surface area contributed by atoms with E-state index in [0.29, 0.717) is 26.9 Å². The zero-order chi connectivity index (χ0) is 22.7. The highest BCUT2D eigenvalue weighted by molar-refractivity contribution is 8.02. The fraction of sp³-hybridized carbons (Fsp3) is 0.125. The van der Waals surface area contributed by atoms with Crippen LogP contribution < -0.4 is 10.9 Å². The lowest BCUT2D eigenvalue weighted by molar-refractivity contribution is 0.630. The number of thiazole rings is 1. The number of aromatic nitrogens is 3. The summed E-state index contributed by atoms with van der Waals surface area (Å²) < 4.78 is 3.46. The van der Waals surface area contributed by atoms with Gasteiger partial charge in [0.15, 0.2) is 0 Å². The van der Waals surface area contributed by atoms with E-state index in [4.69, 9.17) is 4.98 Å². The third kappa shape index (κ3) is 4.00. The van der Waals surface area contributed by atoms with E-state index in [1.54, 1.807) is 4.68 Å². The molecular weight excluding hydrogens is 438 g/mol. The highest BCUT2D eigenvalue weighted by Gasteiger charge is 2.21. The van der Waals surface area contributed by atoms with Gasteiger partial charge >= 0.3 is 0 Å². The first kappa shape index (κ1) is 21.7. The topological polar surface area (TPSA) is 75.6 Å². The maximum atomic E-state index is 13.3. The summed E-state index contributed by atoms with van der Waals surface area (Å²) in [5.41, 5.74) is 3.93. The van der Waals surface area contributed by atoms with Crippen molar-refractivity contribution in [3.8, 4) is 23.0 Å².